The fraction of sp³-hybridized carbons (Fsp3) is 0.400. The highest BCUT2D eigenvalue weighted by Crippen LogP contribution is 2.08. The van der Waals surface area contributed by atoms with E-state index in [2.05, 4.69) is 24.5 Å². The second-order valence-electron chi connectivity index (χ2n) is 2.89. The molecule has 0 spiro atoms. The van der Waals surface area contributed by atoms with Gasteiger partial charge in [0.1, 0.15) is 5.75 Å². The average molecular weight is 283 g/mol. The molecular formula is C15H25NO2S. The standard InChI is InChI=1S/C11H13NO2S.2C2H6/c1-2-6-10(15)12-11(13)14-9-7-4-3-5-8-9;2*1-2/h2-5,7-8,10,15H,1,6H2,(H,12,13);2*1-2H3. The van der Waals surface area contributed by atoms with Crippen LogP contribution in [0, 0.1) is 0 Å². The molecule has 1 N–H and O–H groups in total. The zero-order valence-corrected chi connectivity index (χ0v) is 13.1. The van der Waals surface area contributed by atoms with Crippen molar-refractivity contribution >= 4 is 18.7 Å². The Labute approximate surface area is 122 Å². The molecule has 19 heavy (non-hydrogen) atoms. The van der Waals surface area contributed by atoms with Crippen molar-refractivity contribution in [1.82, 2.24) is 5.32 Å². The van der Waals surface area contributed by atoms with E-state index < -0.39 is 6.09 Å². The largest absolute Gasteiger partial charge is 0.413 e. The van der Waals surface area contributed by atoms with E-state index in [4.69, 9.17) is 4.74 Å². The lowest BCUT2D eigenvalue weighted by Crippen LogP contribution is -2.33. The van der Waals surface area contributed by atoms with Crippen molar-refractivity contribution in [3.63, 3.8) is 0 Å². The summed E-state index contributed by atoms with van der Waals surface area (Å²) in [4.78, 5) is 11.3. The zero-order valence-electron chi connectivity index (χ0n) is 12.2. The van der Waals surface area contributed by atoms with Crippen LogP contribution in [0.5, 0.6) is 5.75 Å². The van der Waals surface area contributed by atoms with Crippen molar-refractivity contribution in [2.45, 2.75) is 39.5 Å². The maximum atomic E-state index is 11.3. The van der Waals surface area contributed by atoms with Gasteiger partial charge in [-0.05, 0) is 18.6 Å². The monoisotopic (exact) mass is 283 g/mol. The van der Waals surface area contributed by atoms with E-state index in [-0.39, 0.29) is 5.37 Å². The third-order valence-electron chi connectivity index (χ3n) is 1.63. The van der Waals surface area contributed by atoms with Gasteiger partial charge in [-0.1, -0.05) is 52.0 Å². The number of amides is 1. The van der Waals surface area contributed by atoms with Gasteiger partial charge in [-0.2, -0.15) is 12.6 Å². The maximum Gasteiger partial charge on any atom is 0.413 e. The Morgan fingerprint density at radius 3 is 2.32 bits per heavy atom. The number of nitrogens with one attached hydrogen (secondary N) is 1. The number of rotatable bonds is 4. The molecular weight excluding hydrogens is 258 g/mol. The molecule has 0 radical (unpaired) electrons. The first-order valence-corrected chi connectivity index (χ1v) is 7.06. The summed E-state index contributed by atoms with van der Waals surface area (Å²) >= 11 is 4.13. The Balaban J connectivity index is 0. The summed E-state index contributed by atoms with van der Waals surface area (Å²) in [7, 11) is 0. The molecule has 0 aliphatic heterocycles. The van der Waals surface area contributed by atoms with Crippen molar-refractivity contribution in [3.8, 4) is 5.75 Å². The number of thiol groups is 1. The van der Waals surface area contributed by atoms with E-state index in [0.717, 1.165) is 0 Å². The summed E-state index contributed by atoms with van der Waals surface area (Å²) in [5.41, 5.74) is 0. The van der Waals surface area contributed by atoms with Crippen LogP contribution in [0.2, 0.25) is 0 Å². The van der Waals surface area contributed by atoms with E-state index in [9.17, 15) is 4.79 Å². The average Bonchev–Trinajstić information content (AvgIpc) is 2.44. The van der Waals surface area contributed by atoms with Crippen LogP contribution in [0.25, 0.3) is 0 Å². The van der Waals surface area contributed by atoms with Crippen LogP contribution in [0.15, 0.2) is 43.0 Å². The maximum absolute atomic E-state index is 11.3. The third kappa shape index (κ3) is 11.4. The minimum absolute atomic E-state index is 0.265. The van der Waals surface area contributed by atoms with Crippen LogP contribution in [0.1, 0.15) is 34.1 Å². The first-order chi connectivity index (χ1) is 9.22. The predicted molar refractivity (Wildman–Crippen MR) is 85.9 cm³/mol. The number of ether oxygens (including phenoxy) is 1. The second-order valence-corrected chi connectivity index (χ2v) is 3.51. The number of hydrogen-bond donors (Lipinski definition) is 2. The minimum atomic E-state index is -0.511. The molecule has 0 aliphatic rings. The molecule has 3 nitrogen and oxygen atoms in total. The molecule has 0 aromatic heterocycles. The lowest BCUT2D eigenvalue weighted by atomic mass is 10.3. The molecule has 0 saturated carbocycles. The van der Waals surface area contributed by atoms with Crippen LogP contribution in [-0.4, -0.2) is 11.5 Å². The van der Waals surface area contributed by atoms with E-state index in [0.29, 0.717) is 12.2 Å². The first-order valence-electron chi connectivity index (χ1n) is 6.54. The van der Waals surface area contributed by atoms with Gasteiger partial charge in [0, 0.05) is 0 Å². The van der Waals surface area contributed by atoms with E-state index in [1.165, 1.54) is 0 Å². The number of carbonyl (C=O) groups excluding carboxylic acids is 1. The molecule has 1 aromatic rings. The summed E-state index contributed by atoms with van der Waals surface area (Å²) in [6, 6.07) is 8.86. The molecule has 1 unspecified atom stereocenters. The number of benzene rings is 1. The highest BCUT2D eigenvalue weighted by molar-refractivity contribution is 7.80. The van der Waals surface area contributed by atoms with E-state index >= 15 is 0 Å². The first kappa shape index (κ1) is 19.9. The molecule has 1 aromatic carbocycles. The second kappa shape index (κ2) is 14.6. The van der Waals surface area contributed by atoms with Crippen LogP contribution >= 0.6 is 12.6 Å². The van der Waals surface area contributed by atoms with Gasteiger partial charge in [0.2, 0.25) is 0 Å². The molecule has 0 bridgehead atoms. The molecule has 4 heteroatoms. The Hall–Kier alpha value is -1.42. The summed E-state index contributed by atoms with van der Waals surface area (Å²) in [5.74, 6) is 0.508. The smallest absolute Gasteiger partial charge is 0.410 e. The molecule has 1 amide bonds. The van der Waals surface area contributed by atoms with Crippen LogP contribution in [0.4, 0.5) is 4.79 Å². The highest BCUT2D eigenvalue weighted by Gasteiger charge is 2.07. The lowest BCUT2D eigenvalue weighted by molar-refractivity contribution is 0.199. The van der Waals surface area contributed by atoms with Gasteiger partial charge in [-0.3, -0.25) is 0 Å². The van der Waals surface area contributed by atoms with Crippen LogP contribution in [-0.2, 0) is 0 Å². The van der Waals surface area contributed by atoms with Gasteiger partial charge in [0.15, 0.2) is 0 Å². The van der Waals surface area contributed by atoms with Crippen molar-refractivity contribution < 1.29 is 9.53 Å². The van der Waals surface area contributed by atoms with Crippen LogP contribution < -0.4 is 10.1 Å². The van der Waals surface area contributed by atoms with Gasteiger partial charge in [0.05, 0.1) is 5.37 Å². The Morgan fingerprint density at radius 1 is 1.32 bits per heavy atom. The van der Waals surface area contributed by atoms with Crippen molar-refractivity contribution in [2.24, 2.45) is 0 Å². The summed E-state index contributed by atoms with van der Waals surface area (Å²) in [6.07, 6.45) is 1.76. The Morgan fingerprint density at radius 2 is 1.84 bits per heavy atom. The fourth-order valence-electron chi connectivity index (χ4n) is 0.978. The summed E-state index contributed by atoms with van der Waals surface area (Å²) in [5, 5.41) is 2.30. The summed E-state index contributed by atoms with van der Waals surface area (Å²) < 4.78 is 5.00. The van der Waals surface area contributed by atoms with Gasteiger partial charge >= 0.3 is 6.09 Å². The lowest BCUT2D eigenvalue weighted by Gasteiger charge is -2.10. The molecule has 108 valence electrons. The van der Waals surface area contributed by atoms with Crippen molar-refractivity contribution in [2.75, 3.05) is 0 Å². The van der Waals surface area contributed by atoms with Gasteiger partial charge in [-0.25, -0.2) is 4.79 Å². The fourth-order valence-corrected chi connectivity index (χ4v) is 1.23. The van der Waals surface area contributed by atoms with Crippen LogP contribution in [0.3, 0.4) is 0 Å². The zero-order chi connectivity index (χ0) is 15.1. The van der Waals surface area contributed by atoms with Crippen molar-refractivity contribution in [3.05, 3.63) is 43.0 Å². The normalized spacial score (nSPS) is 9.74. The number of para-hydroxylation sites is 1. The number of hydrogen-bond acceptors (Lipinski definition) is 3. The van der Waals surface area contributed by atoms with Crippen molar-refractivity contribution in [1.29, 1.82) is 0 Å². The molecule has 0 aliphatic carbocycles. The molecule has 1 atom stereocenters. The highest BCUT2D eigenvalue weighted by atomic mass is 32.1. The number of carbonyl (C=O) groups is 1. The molecule has 1 rings (SSSR count). The molecule has 0 heterocycles. The SMILES string of the molecule is C=CCC(S)NC(=O)Oc1ccccc1.CC.CC. The van der Waals surface area contributed by atoms with E-state index in [1.807, 2.05) is 33.8 Å². The summed E-state index contributed by atoms with van der Waals surface area (Å²) in [6.45, 7) is 11.6. The van der Waals surface area contributed by atoms with E-state index in [1.54, 1.807) is 30.3 Å². The third-order valence-corrected chi connectivity index (χ3v) is 1.97. The topological polar surface area (TPSA) is 38.3 Å². The van der Waals surface area contributed by atoms with Gasteiger partial charge in [0.25, 0.3) is 0 Å². The quantitative estimate of drug-likeness (QED) is 0.479. The van der Waals surface area contributed by atoms with Gasteiger partial charge in [-0.15, -0.1) is 6.58 Å². The Kier molecular flexibility index (Phi) is 15.3. The Bertz CT molecular complexity index is 328. The predicted octanol–water partition coefficient (Wildman–Crippen LogP) is 4.66. The van der Waals surface area contributed by atoms with Gasteiger partial charge < -0.3 is 10.1 Å². The minimum Gasteiger partial charge on any atom is -0.410 e. The molecule has 0 fully saturated rings. The molecule has 0 saturated heterocycles.